The van der Waals surface area contributed by atoms with Crippen molar-refractivity contribution in [3.05, 3.63) is 58.6 Å². The summed E-state index contributed by atoms with van der Waals surface area (Å²) in [6.07, 6.45) is 0.976. The van der Waals surface area contributed by atoms with Crippen molar-refractivity contribution in [2.24, 2.45) is 0 Å². The maximum atomic E-state index is 12.4. The van der Waals surface area contributed by atoms with Gasteiger partial charge in [0.1, 0.15) is 5.75 Å². The molecule has 0 aliphatic carbocycles. The van der Waals surface area contributed by atoms with Crippen molar-refractivity contribution in [3.63, 3.8) is 0 Å². The molecule has 2 aromatic rings. The van der Waals surface area contributed by atoms with Crippen LogP contribution < -0.4 is 15.1 Å². The van der Waals surface area contributed by atoms with E-state index in [0.717, 1.165) is 23.0 Å². The highest BCUT2D eigenvalue weighted by Gasteiger charge is 2.02. The first kappa shape index (κ1) is 16.0. The maximum Gasteiger partial charge on any atom is 0.119 e. The van der Waals surface area contributed by atoms with Gasteiger partial charge in [0.05, 0.1) is 6.61 Å². The second-order valence-corrected chi connectivity index (χ2v) is 6.24. The van der Waals surface area contributed by atoms with Crippen LogP contribution in [0.5, 0.6) is 5.75 Å². The molecule has 0 aliphatic heterocycles. The van der Waals surface area contributed by atoms with Crippen LogP contribution in [0.1, 0.15) is 24.5 Å². The van der Waals surface area contributed by atoms with Crippen molar-refractivity contribution in [1.82, 2.24) is 0 Å². The van der Waals surface area contributed by atoms with Crippen LogP contribution in [0, 0.1) is 6.92 Å². The lowest BCUT2D eigenvalue weighted by Gasteiger charge is -2.16. The maximum absolute atomic E-state index is 12.4. The second-order valence-electron chi connectivity index (χ2n) is 4.69. The Balaban J connectivity index is 2.22. The molecular weight excluding hydrogens is 303 g/mol. The normalized spacial score (nSPS) is 11.5. The monoisotopic (exact) mass is 319 g/mol. The summed E-state index contributed by atoms with van der Waals surface area (Å²) in [7, 11) is 0.623. The minimum Gasteiger partial charge on any atom is -0.823 e. The molecular formula is C17H17ClO2P-. The molecule has 4 heteroatoms. The molecule has 0 bridgehead atoms. The van der Waals surface area contributed by atoms with Gasteiger partial charge in [-0.2, -0.15) is 0 Å². The molecule has 2 nitrogen and oxygen atoms in total. The van der Waals surface area contributed by atoms with Crippen LogP contribution in [-0.2, 0) is 0 Å². The Bertz CT molecular complexity index is 615. The van der Waals surface area contributed by atoms with Gasteiger partial charge in [0.25, 0.3) is 0 Å². The molecule has 0 radical (unpaired) electrons. The van der Waals surface area contributed by atoms with Crippen molar-refractivity contribution < 1.29 is 9.84 Å². The van der Waals surface area contributed by atoms with Crippen LogP contribution in [0.15, 0.2) is 42.5 Å². The van der Waals surface area contributed by atoms with Gasteiger partial charge in [0, 0.05) is 10.3 Å². The Morgan fingerprint density at radius 3 is 2.52 bits per heavy atom. The fourth-order valence-corrected chi connectivity index (χ4v) is 3.23. The average Bonchev–Trinajstić information content (AvgIpc) is 2.46. The first-order valence-electron chi connectivity index (χ1n) is 6.86. The minimum absolute atomic E-state index is 0.0142. The Labute approximate surface area is 132 Å². The SMILES string of the molecule is CCCOc1ccc(P=C([O-])c2c(C)cccc2Cl)cc1. The molecule has 0 N–H and O–H groups in total. The molecule has 0 saturated carbocycles. The highest BCUT2D eigenvalue weighted by Crippen LogP contribution is 2.21. The van der Waals surface area contributed by atoms with Crippen LogP contribution >= 0.6 is 19.8 Å². The Morgan fingerprint density at radius 2 is 1.90 bits per heavy atom. The molecule has 110 valence electrons. The zero-order valence-electron chi connectivity index (χ0n) is 12.1. The summed E-state index contributed by atoms with van der Waals surface area (Å²) in [6, 6.07) is 13.1. The van der Waals surface area contributed by atoms with E-state index in [1.165, 1.54) is 0 Å². The summed E-state index contributed by atoms with van der Waals surface area (Å²) in [5.74, 6) is 0.831. The summed E-state index contributed by atoms with van der Waals surface area (Å²) >= 11 is 6.13. The van der Waals surface area contributed by atoms with Gasteiger partial charge in [0.2, 0.25) is 0 Å². The molecule has 0 amide bonds. The highest BCUT2D eigenvalue weighted by atomic mass is 35.5. The van der Waals surface area contributed by atoms with E-state index < -0.39 is 0 Å². The molecule has 0 unspecified atom stereocenters. The average molecular weight is 320 g/mol. The van der Waals surface area contributed by atoms with E-state index in [-0.39, 0.29) is 5.48 Å². The molecule has 0 spiro atoms. The van der Waals surface area contributed by atoms with E-state index in [9.17, 15) is 5.11 Å². The number of benzene rings is 2. The lowest BCUT2D eigenvalue weighted by molar-refractivity contribution is -0.207. The molecule has 0 heterocycles. The molecule has 0 aliphatic rings. The summed E-state index contributed by atoms with van der Waals surface area (Å²) < 4.78 is 5.53. The van der Waals surface area contributed by atoms with Gasteiger partial charge < -0.3 is 9.84 Å². The van der Waals surface area contributed by atoms with Crippen LogP contribution in [0.3, 0.4) is 0 Å². The number of rotatable bonds is 5. The van der Waals surface area contributed by atoms with Crippen molar-refractivity contribution in [2.75, 3.05) is 6.61 Å². The third-order valence-electron chi connectivity index (χ3n) is 2.98. The van der Waals surface area contributed by atoms with Crippen molar-refractivity contribution in [3.8, 4) is 5.75 Å². The van der Waals surface area contributed by atoms with Gasteiger partial charge in [-0.3, -0.25) is 0 Å². The predicted molar refractivity (Wildman–Crippen MR) is 89.1 cm³/mol. The highest BCUT2D eigenvalue weighted by molar-refractivity contribution is 7.49. The Hall–Kier alpha value is -1.34. The van der Waals surface area contributed by atoms with Crippen molar-refractivity contribution >= 4 is 30.6 Å². The zero-order chi connectivity index (χ0) is 15.2. The number of aryl methyl sites for hydroxylation is 1. The first-order chi connectivity index (χ1) is 10.1. The van der Waals surface area contributed by atoms with E-state index in [0.29, 0.717) is 25.4 Å². The van der Waals surface area contributed by atoms with Crippen molar-refractivity contribution in [1.29, 1.82) is 0 Å². The largest absolute Gasteiger partial charge is 0.823 e. The summed E-state index contributed by atoms with van der Waals surface area (Å²) in [5.41, 5.74) is 1.52. The van der Waals surface area contributed by atoms with Crippen molar-refractivity contribution in [2.45, 2.75) is 20.3 Å². The number of halogens is 1. The van der Waals surface area contributed by atoms with E-state index in [4.69, 9.17) is 16.3 Å². The Morgan fingerprint density at radius 1 is 1.19 bits per heavy atom. The quantitative estimate of drug-likeness (QED) is 0.789. The molecule has 2 aromatic carbocycles. The summed E-state index contributed by atoms with van der Waals surface area (Å²) in [5, 5.41) is 13.8. The molecule has 0 atom stereocenters. The van der Waals surface area contributed by atoms with E-state index in [2.05, 4.69) is 6.92 Å². The third kappa shape index (κ3) is 4.31. The predicted octanol–water partition coefficient (Wildman–Crippen LogP) is 3.55. The van der Waals surface area contributed by atoms with Crippen LogP contribution in [0.25, 0.3) is 0 Å². The first-order valence-corrected chi connectivity index (χ1v) is 8.13. The van der Waals surface area contributed by atoms with Gasteiger partial charge >= 0.3 is 0 Å². The van der Waals surface area contributed by atoms with Crippen LogP contribution in [0.2, 0.25) is 5.02 Å². The third-order valence-corrected chi connectivity index (χ3v) is 4.27. The van der Waals surface area contributed by atoms with Gasteiger partial charge in [-0.15, -0.1) is 5.48 Å². The molecule has 2 rings (SSSR count). The standard InChI is InChI=1S/C17H18ClO2P/c1-3-11-20-13-7-9-14(10-8-13)21-17(19)16-12(2)5-4-6-15(16)18/h4-10,19H,3,11H2,1-2H3/p-1. The zero-order valence-corrected chi connectivity index (χ0v) is 13.7. The Kier molecular flexibility index (Phi) is 5.81. The fourth-order valence-electron chi connectivity index (χ4n) is 1.91. The smallest absolute Gasteiger partial charge is 0.119 e. The summed E-state index contributed by atoms with van der Waals surface area (Å²) in [4.78, 5) is 0. The van der Waals surface area contributed by atoms with Crippen LogP contribution in [0.4, 0.5) is 0 Å². The molecule has 0 saturated heterocycles. The molecule has 21 heavy (non-hydrogen) atoms. The molecule has 0 aromatic heterocycles. The van der Waals surface area contributed by atoms with E-state index in [1.54, 1.807) is 6.07 Å². The van der Waals surface area contributed by atoms with E-state index in [1.807, 2.05) is 43.3 Å². The number of hydrogen-bond donors (Lipinski definition) is 0. The second kappa shape index (κ2) is 7.61. The van der Waals surface area contributed by atoms with Gasteiger partial charge in [-0.25, -0.2) is 0 Å². The number of hydrogen-bond acceptors (Lipinski definition) is 2. The van der Waals surface area contributed by atoms with Crippen LogP contribution in [-0.4, -0.2) is 12.1 Å². The lowest BCUT2D eigenvalue weighted by Crippen LogP contribution is -2.19. The molecule has 0 fully saturated rings. The topological polar surface area (TPSA) is 32.3 Å². The summed E-state index contributed by atoms with van der Waals surface area (Å²) in [6.45, 7) is 4.67. The van der Waals surface area contributed by atoms with Gasteiger partial charge in [0.15, 0.2) is 0 Å². The van der Waals surface area contributed by atoms with Gasteiger partial charge in [-0.05, 0) is 54.8 Å². The fraction of sp³-hybridized carbons (Fsp3) is 0.235. The number of ether oxygens (including phenoxy) is 1. The lowest BCUT2D eigenvalue weighted by atomic mass is 10.1. The van der Waals surface area contributed by atoms with Gasteiger partial charge in [-0.1, -0.05) is 38.9 Å². The minimum atomic E-state index is 0.0142. The van der Waals surface area contributed by atoms with E-state index >= 15 is 0 Å².